The third kappa shape index (κ3) is 3.87. The number of fused-ring (bicyclic) bond motifs is 1. The largest absolute Gasteiger partial charge is 0.366 e. The van der Waals surface area contributed by atoms with E-state index in [2.05, 4.69) is 15.1 Å². The Labute approximate surface area is 145 Å². The van der Waals surface area contributed by atoms with Gasteiger partial charge in [-0.05, 0) is 13.0 Å². The lowest BCUT2D eigenvalue weighted by Crippen LogP contribution is -1.96. The minimum absolute atomic E-state index is 0.121. The highest BCUT2D eigenvalue weighted by Crippen LogP contribution is 2.18. The lowest BCUT2D eigenvalue weighted by molar-refractivity contribution is 0.101. The minimum Gasteiger partial charge on any atom is -0.366 e. The summed E-state index contributed by atoms with van der Waals surface area (Å²) < 4.78 is 1.64. The molecule has 4 aromatic rings. The number of rotatable bonds is 2. The average Bonchev–Trinajstić information content (AvgIpc) is 3.04. The fourth-order valence-corrected chi connectivity index (χ4v) is 2.31. The first kappa shape index (κ1) is 16.3. The average molecular weight is 331 g/mol. The molecule has 6 heteroatoms. The maximum absolute atomic E-state index is 10.6. The molecule has 0 radical (unpaired) electrons. The second kappa shape index (κ2) is 7.35. The lowest BCUT2D eigenvalue weighted by atomic mass is 10.1. The van der Waals surface area contributed by atoms with Crippen molar-refractivity contribution in [2.24, 2.45) is 0 Å². The molecule has 0 bridgehead atoms. The number of benzene rings is 2. The molecule has 0 saturated heterocycles. The maximum Gasteiger partial charge on any atom is 0.254 e. The molecule has 4 rings (SSSR count). The monoisotopic (exact) mass is 331 g/mol. The molecule has 0 aliphatic carbocycles. The van der Waals surface area contributed by atoms with Crippen LogP contribution in [0, 0.1) is 0 Å². The summed E-state index contributed by atoms with van der Waals surface area (Å²) in [5, 5.41) is 4.11. The molecule has 0 atom stereocenters. The summed E-state index contributed by atoms with van der Waals surface area (Å²) in [5.41, 5.74) is 8.31. The Balaban J connectivity index is 0.000000173. The van der Waals surface area contributed by atoms with Gasteiger partial charge in [-0.1, -0.05) is 60.7 Å². The quantitative estimate of drug-likeness (QED) is 0.570. The van der Waals surface area contributed by atoms with Gasteiger partial charge in [0.25, 0.3) is 5.78 Å². The first-order chi connectivity index (χ1) is 12.1. The highest BCUT2D eigenvalue weighted by molar-refractivity contribution is 5.93. The Morgan fingerprint density at radius 1 is 0.960 bits per heavy atom. The molecule has 0 fully saturated rings. The first-order valence-electron chi connectivity index (χ1n) is 7.74. The number of carbonyl (C=O) groups excluding carboxylic acids is 1. The molecule has 25 heavy (non-hydrogen) atoms. The normalized spacial score (nSPS) is 10.1. The van der Waals surface area contributed by atoms with Crippen LogP contribution in [-0.4, -0.2) is 25.4 Å². The van der Waals surface area contributed by atoms with Crippen LogP contribution in [0.25, 0.3) is 17.0 Å². The number of Topliss-reactive ketones (excluding diaryl/α,β-unsaturated/α-hetero) is 1. The van der Waals surface area contributed by atoms with Gasteiger partial charge in [0.15, 0.2) is 5.78 Å². The van der Waals surface area contributed by atoms with Crippen molar-refractivity contribution in [1.29, 1.82) is 0 Å². The van der Waals surface area contributed by atoms with E-state index in [1.54, 1.807) is 17.6 Å². The molecule has 2 aromatic carbocycles. The molecular formula is C19H17N5O. The number of nitrogens with two attached hydrogens (primary N) is 1. The fourth-order valence-electron chi connectivity index (χ4n) is 2.31. The Morgan fingerprint density at radius 2 is 1.60 bits per heavy atom. The van der Waals surface area contributed by atoms with Gasteiger partial charge in [-0.15, -0.1) is 5.10 Å². The predicted molar refractivity (Wildman–Crippen MR) is 97.1 cm³/mol. The molecule has 6 nitrogen and oxygen atoms in total. The molecule has 2 aromatic heterocycles. The van der Waals surface area contributed by atoms with Crippen LogP contribution in [0.4, 0.5) is 5.95 Å². The summed E-state index contributed by atoms with van der Waals surface area (Å²) in [6.45, 7) is 1.56. The van der Waals surface area contributed by atoms with Crippen LogP contribution in [0.3, 0.4) is 0 Å². The topological polar surface area (TPSA) is 86.2 Å². The van der Waals surface area contributed by atoms with Gasteiger partial charge in [-0.2, -0.15) is 9.50 Å². The van der Waals surface area contributed by atoms with Crippen molar-refractivity contribution in [3.05, 3.63) is 78.5 Å². The molecule has 2 N–H and O–H groups in total. The summed E-state index contributed by atoms with van der Waals surface area (Å²) in [7, 11) is 0. The van der Waals surface area contributed by atoms with Gasteiger partial charge < -0.3 is 5.73 Å². The molecule has 0 spiro atoms. The number of carbonyl (C=O) groups is 1. The molecule has 0 aliphatic heterocycles. The zero-order chi connectivity index (χ0) is 17.6. The fraction of sp³-hybridized carbons (Fsp3) is 0.0526. The van der Waals surface area contributed by atoms with Crippen LogP contribution in [0.15, 0.2) is 72.9 Å². The van der Waals surface area contributed by atoms with Crippen LogP contribution in [0.5, 0.6) is 0 Å². The second-order valence-electron chi connectivity index (χ2n) is 5.30. The Bertz CT molecular complexity index is 981. The second-order valence-corrected chi connectivity index (χ2v) is 5.30. The van der Waals surface area contributed by atoms with E-state index < -0.39 is 0 Å². The maximum atomic E-state index is 10.6. The SMILES string of the molecule is CC(=O)c1ccccc1.Nc1nc2nccc(-c3ccccc3)n2n1. The Morgan fingerprint density at radius 3 is 2.20 bits per heavy atom. The van der Waals surface area contributed by atoms with Gasteiger partial charge in [-0.25, -0.2) is 4.98 Å². The van der Waals surface area contributed by atoms with Gasteiger partial charge in [0, 0.05) is 17.3 Å². The van der Waals surface area contributed by atoms with E-state index in [1.807, 2.05) is 66.7 Å². The van der Waals surface area contributed by atoms with Crippen molar-refractivity contribution in [3.8, 4) is 11.3 Å². The number of hydrogen-bond donors (Lipinski definition) is 1. The van der Waals surface area contributed by atoms with E-state index in [-0.39, 0.29) is 11.7 Å². The van der Waals surface area contributed by atoms with Crippen LogP contribution in [-0.2, 0) is 0 Å². The van der Waals surface area contributed by atoms with E-state index in [4.69, 9.17) is 5.73 Å². The number of aromatic nitrogens is 4. The molecule has 0 unspecified atom stereocenters. The molecular weight excluding hydrogens is 314 g/mol. The van der Waals surface area contributed by atoms with Crippen molar-refractivity contribution in [2.75, 3.05) is 5.73 Å². The van der Waals surface area contributed by atoms with E-state index in [0.717, 1.165) is 16.8 Å². The number of anilines is 1. The third-order valence-corrected chi connectivity index (χ3v) is 3.51. The standard InChI is InChI=1S/C11H9N5.C8H8O/c12-10-14-11-13-7-6-9(16(11)15-10)8-4-2-1-3-5-8;1-7(9)8-5-3-2-4-6-8/h1-7H,(H2,12,15);2-6H,1H3. The summed E-state index contributed by atoms with van der Waals surface area (Å²) in [5.74, 6) is 0.866. The Kier molecular flexibility index (Phi) is 4.80. The van der Waals surface area contributed by atoms with Gasteiger partial charge in [-0.3, -0.25) is 4.79 Å². The van der Waals surface area contributed by atoms with Crippen LogP contribution in [0.2, 0.25) is 0 Å². The van der Waals surface area contributed by atoms with Crippen LogP contribution < -0.4 is 5.73 Å². The van der Waals surface area contributed by atoms with Gasteiger partial charge >= 0.3 is 0 Å². The lowest BCUT2D eigenvalue weighted by Gasteiger charge is -2.02. The molecule has 124 valence electrons. The first-order valence-corrected chi connectivity index (χ1v) is 7.74. The highest BCUT2D eigenvalue weighted by atomic mass is 16.1. The van der Waals surface area contributed by atoms with Gasteiger partial charge in [0.05, 0.1) is 5.69 Å². The van der Waals surface area contributed by atoms with Gasteiger partial charge in [0.1, 0.15) is 0 Å². The van der Waals surface area contributed by atoms with Crippen molar-refractivity contribution in [1.82, 2.24) is 19.6 Å². The van der Waals surface area contributed by atoms with E-state index in [1.165, 1.54) is 0 Å². The number of hydrogen-bond acceptors (Lipinski definition) is 5. The molecule has 0 saturated carbocycles. The Hall–Kier alpha value is -3.54. The van der Waals surface area contributed by atoms with E-state index >= 15 is 0 Å². The smallest absolute Gasteiger partial charge is 0.254 e. The minimum atomic E-state index is 0.121. The van der Waals surface area contributed by atoms with Crippen LogP contribution in [0.1, 0.15) is 17.3 Å². The summed E-state index contributed by atoms with van der Waals surface area (Å²) in [6.07, 6.45) is 1.70. The van der Waals surface area contributed by atoms with Crippen molar-refractivity contribution < 1.29 is 4.79 Å². The van der Waals surface area contributed by atoms with Crippen molar-refractivity contribution >= 4 is 17.5 Å². The molecule has 0 amide bonds. The summed E-state index contributed by atoms with van der Waals surface area (Å²) in [6, 6.07) is 21.0. The van der Waals surface area contributed by atoms with Crippen LogP contribution >= 0.6 is 0 Å². The van der Waals surface area contributed by atoms with Crippen molar-refractivity contribution in [2.45, 2.75) is 6.92 Å². The number of nitrogen functional groups attached to an aromatic ring is 1. The molecule has 2 heterocycles. The van der Waals surface area contributed by atoms with E-state index in [0.29, 0.717) is 5.78 Å². The number of nitrogens with zero attached hydrogens (tertiary/aromatic N) is 4. The third-order valence-electron chi connectivity index (χ3n) is 3.51. The number of ketones is 1. The van der Waals surface area contributed by atoms with E-state index in [9.17, 15) is 4.79 Å². The predicted octanol–water partition coefficient (Wildman–Crippen LogP) is 3.26. The van der Waals surface area contributed by atoms with Crippen molar-refractivity contribution in [3.63, 3.8) is 0 Å². The zero-order valence-corrected chi connectivity index (χ0v) is 13.7. The molecule has 0 aliphatic rings. The summed E-state index contributed by atoms with van der Waals surface area (Å²) in [4.78, 5) is 18.8. The van der Waals surface area contributed by atoms with Gasteiger partial charge in [0.2, 0.25) is 5.95 Å². The highest BCUT2D eigenvalue weighted by Gasteiger charge is 2.07. The summed E-state index contributed by atoms with van der Waals surface area (Å²) >= 11 is 0. The zero-order valence-electron chi connectivity index (χ0n) is 13.7.